The predicted molar refractivity (Wildman–Crippen MR) is 117 cm³/mol. The maximum atomic E-state index is 13.5. The molecule has 162 valence electrons. The molecule has 5 rings (SSSR count). The highest BCUT2D eigenvalue weighted by molar-refractivity contribution is 6.06. The summed E-state index contributed by atoms with van der Waals surface area (Å²) in [5.41, 5.74) is 1.43. The smallest absolute Gasteiger partial charge is 0.254 e. The van der Waals surface area contributed by atoms with Crippen molar-refractivity contribution in [2.75, 3.05) is 13.1 Å². The fourth-order valence-electron chi connectivity index (χ4n) is 4.27. The van der Waals surface area contributed by atoms with Gasteiger partial charge in [-0.2, -0.15) is 4.98 Å². The third-order valence-corrected chi connectivity index (χ3v) is 5.97. The van der Waals surface area contributed by atoms with Gasteiger partial charge in [-0.15, -0.1) is 0 Å². The Kier molecular flexibility index (Phi) is 5.05. The molecule has 1 aliphatic heterocycles. The molecule has 4 aromatic rings. The molecule has 2 aromatic heterocycles. The lowest BCUT2D eigenvalue weighted by Crippen LogP contribution is -2.39. The number of aryl methyl sites for hydroxylation is 1. The van der Waals surface area contributed by atoms with Crippen LogP contribution in [0.2, 0.25) is 0 Å². The molecule has 0 radical (unpaired) electrons. The Bertz CT molecular complexity index is 1380. The van der Waals surface area contributed by atoms with Crippen LogP contribution in [0.25, 0.3) is 22.3 Å². The summed E-state index contributed by atoms with van der Waals surface area (Å²) in [5.74, 6) is 0.0643. The maximum absolute atomic E-state index is 13.5. The minimum Gasteiger partial charge on any atom is -0.339 e. The highest BCUT2D eigenvalue weighted by atomic mass is 19.1. The second kappa shape index (κ2) is 8.03. The van der Waals surface area contributed by atoms with E-state index in [1.807, 2.05) is 24.3 Å². The highest BCUT2D eigenvalue weighted by Gasteiger charge is 2.30. The van der Waals surface area contributed by atoms with E-state index in [1.165, 1.54) is 22.8 Å². The van der Waals surface area contributed by atoms with Crippen molar-refractivity contribution in [3.8, 4) is 11.4 Å². The molecule has 1 saturated heterocycles. The van der Waals surface area contributed by atoms with Crippen molar-refractivity contribution >= 4 is 16.8 Å². The molecule has 1 fully saturated rings. The first kappa shape index (κ1) is 20.1. The van der Waals surface area contributed by atoms with Gasteiger partial charge >= 0.3 is 0 Å². The molecule has 0 saturated carbocycles. The number of amides is 1. The molecule has 0 aliphatic carbocycles. The molecule has 8 heteroatoms. The van der Waals surface area contributed by atoms with Crippen LogP contribution < -0.4 is 5.56 Å². The average Bonchev–Trinajstić information content (AvgIpc) is 3.32. The monoisotopic (exact) mass is 432 g/mol. The summed E-state index contributed by atoms with van der Waals surface area (Å²) in [4.78, 5) is 32.0. The van der Waals surface area contributed by atoms with E-state index in [0.717, 1.165) is 18.2 Å². The minimum absolute atomic E-state index is 0.125. The van der Waals surface area contributed by atoms with Gasteiger partial charge in [-0.25, -0.2) is 4.39 Å². The Morgan fingerprint density at radius 1 is 1.16 bits per heavy atom. The number of rotatable bonds is 3. The van der Waals surface area contributed by atoms with Crippen LogP contribution in [0.3, 0.4) is 0 Å². The zero-order chi connectivity index (χ0) is 22.2. The van der Waals surface area contributed by atoms with E-state index in [2.05, 4.69) is 10.1 Å². The van der Waals surface area contributed by atoms with Crippen LogP contribution in [0.4, 0.5) is 4.39 Å². The van der Waals surface area contributed by atoms with Gasteiger partial charge in [0.2, 0.25) is 11.7 Å². The Balaban J connectivity index is 1.42. The van der Waals surface area contributed by atoms with E-state index in [4.69, 9.17) is 4.52 Å². The molecular formula is C24H21FN4O3. The maximum Gasteiger partial charge on any atom is 0.254 e. The zero-order valence-corrected chi connectivity index (χ0v) is 17.5. The fourth-order valence-corrected chi connectivity index (χ4v) is 4.27. The Morgan fingerprint density at radius 3 is 2.84 bits per heavy atom. The number of hydrogen-bond acceptors (Lipinski definition) is 5. The molecule has 1 atom stereocenters. The zero-order valence-electron chi connectivity index (χ0n) is 17.5. The number of aromatic nitrogens is 3. The van der Waals surface area contributed by atoms with Crippen LogP contribution in [-0.2, 0) is 7.05 Å². The largest absolute Gasteiger partial charge is 0.339 e. The lowest BCUT2D eigenvalue weighted by molar-refractivity contribution is 0.0697. The van der Waals surface area contributed by atoms with Crippen molar-refractivity contribution in [2.24, 2.45) is 7.05 Å². The van der Waals surface area contributed by atoms with Gasteiger partial charge < -0.3 is 14.0 Å². The van der Waals surface area contributed by atoms with Crippen molar-refractivity contribution in [1.82, 2.24) is 19.6 Å². The molecule has 2 aromatic carbocycles. The molecule has 7 nitrogen and oxygen atoms in total. The quantitative estimate of drug-likeness (QED) is 0.493. The summed E-state index contributed by atoms with van der Waals surface area (Å²) in [5, 5.41) is 4.74. The first-order valence-electron chi connectivity index (χ1n) is 10.5. The average molecular weight is 432 g/mol. The minimum atomic E-state index is -0.371. The van der Waals surface area contributed by atoms with Gasteiger partial charge in [-0.3, -0.25) is 9.59 Å². The van der Waals surface area contributed by atoms with E-state index in [0.29, 0.717) is 41.4 Å². The first-order valence-corrected chi connectivity index (χ1v) is 10.5. The topological polar surface area (TPSA) is 81.2 Å². The lowest BCUT2D eigenvalue weighted by atomic mass is 9.96. The SMILES string of the molecule is Cn1c(=O)cc(C(=O)N2CCCC(c3nc(-c4cccc(F)c4)no3)C2)c2ccccc21. The van der Waals surface area contributed by atoms with Gasteiger partial charge in [-0.05, 0) is 31.0 Å². The number of fused-ring (bicyclic) bond motifs is 1. The summed E-state index contributed by atoms with van der Waals surface area (Å²) >= 11 is 0. The summed E-state index contributed by atoms with van der Waals surface area (Å²) in [6, 6.07) is 14.8. The Hall–Kier alpha value is -3.81. The second-order valence-electron chi connectivity index (χ2n) is 8.03. The fraction of sp³-hybridized carbons (Fsp3) is 0.250. The number of carbonyl (C=O) groups excluding carboxylic acids is 1. The number of piperidine rings is 1. The summed E-state index contributed by atoms with van der Waals surface area (Å²) in [7, 11) is 1.70. The molecule has 32 heavy (non-hydrogen) atoms. The number of hydrogen-bond donors (Lipinski definition) is 0. The van der Waals surface area contributed by atoms with Crippen molar-refractivity contribution in [2.45, 2.75) is 18.8 Å². The molecule has 1 amide bonds. The van der Waals surface area contributed by atoms with Gasteiger partial charge in [0.15, 0.2) is 0 Å². The summed E-state index contributed by atoms with van der Waals surface area (Å²) < 4.78 is 20.5. The number of carbonyl (C=O) groups is 1. The summed E-state index contributed by atoms with van der Waals surface area (Å²) in [6.45, 7) is 0.997. The van der Waals surface area contributed by atoms with Gasteiger partial charge in [-0.1, -0.05) is 35.5 Å². The molecule has 0 bridgehead atoms. The number of benzene rings is 2. The Morgan fingerprint density at radius 2 is 2.00 bits per heavy atom. The third kappa shape index (κ3) is 3.57. The number of nitrogens with zero attached hydrogens (tertiary/aromatic N) is 4. The first-order chi connectivity index (χ1) is 15.5. The number of halogens is 1. The number of para-hydroxylation sites is 1. The molecule has 1 unspecified atom stereocenters. The van der Waals surface area contributed by atoms with Crippen LogP contribution in [0, 0.1) is 5.82 Å². The van der Waals surface area contributed by atoms with Crippen LogP contribution in [0.15, 0.2) is 63.9 Å². The van der Waals surface area contributed by atoms with Crippen LogP contribution in [0.1, 0.15) is 35.0 Å². The second-order valence-corrected chi connectivity index (χ2v) is 8.03. The van der Waals surface area contributed by atoms with Gasteiger partial charge in [0, 0.05) is 37.2 Å². The van der Waals surface area contributed by atoms with E-state index in [9.17, 15) is 14.0 Å². The van der Waals surface area contributed by atoms with Crippen LogP contribution >= 0.6 is 0 Å². The van der Waals surface area contributed by atoms with E-state index in [-0.39, 0.29) is 23.2 Å². The van der Waals surface area contributed by atoms with Crippen LogP contribution in [0.5, 0.6) is 0 Å². The summed E-state index contributed by atoms with van der Waals surface area (Å²) in [6.07, 6.45) is 1.57. The van der Waals surface area contributed by atoms with E-state index < -0.39 is 0 Å². The highest BCUT2D eigenvalue weighted by Crippen LogP contribution is 2.29. The molecular weight excluding hydrogens is 411 g/mol. The van der Waals surface area contributed by atoms with E-state index in [1.54, 1.807) is 24.1 Å². The van der Waals surface area contributed by atoms with Crippen molar-refractivity contribution in [3.63, 3.8) is 0 Å². The van der Waals surface area contributed by atoms with E-state index >= 15 is 0 Å². The lowest BCUT2D eigenvalue weighted by Gasteiger charge is -2.31. The molecule has 3 heterocycles. The van der Waals surface area contributed by atoms with Crippen molar-refractivity contribution in [1.29, 1.82) is 0 Å². The number of likely N-dealkylation sites (tertiary alicyclic amines) is 1. The van der Waals surface area contributed by atoms with Gasteiger partial charge in [0.25, 0.3) is 11.5 Å². The van der Waals surface area contributed by atoms with Gasteiger partial charge in [0.05, 0.1) is 17.0 Å². The van der Waals surface area contributed by atoms with Crippen LogP contribution in [-0.4, -0.2) is 38.6 Å². The normalized spacial score (nSPS) is 16.4. The van der Waals surface area contributed by atoms with Crippen molar-refractivity contribution < 1.29 is 13.7 Å². The third-order valence-electron chi connectivity index (χ3n) is 5.97. The Labute approximate surface area is 183 Å². The predicted octanol–water partition coefficient (Wildman–Crippen LogP) is 3.75. The molecule has 1 aliphatic rings. The van der Waals surface area contributed by atoms with Gasteiger partial charge in [0.1, 0.15) is 5.82 Å². The standard InChI is InChI=1S/C24H21FN4O3/c1-28-20-10-3-2-9-18(20)19(13-21(28)30)24(31)29-11-5-7-16(14-29)23-26-22(27-32-23)15-6-4-8-17(25)12-15/h2-4,6,8-10,12-13,16H,5,7,11,14H2,1H3. The molecule has 0 N–H and O–H groups in total. The number of pyridine rings is 1. The molecule has 0 spiro atoms. The van der Waals surface area contributed by atoms with Crippen molar-refractivity contribution in [3.05, 3.63) is 82.2 Å².